The number of nitrogens with zero attached hydrogens (tertiary/aromatic N) is 6. The molecule has 1 aromatic carbocycles. The van der Waals surface area contributed by atoms with Crippen molar-refractivity contribution >= 4 is 12.0 Å². The first-order valence-electron chi connectivity index (χ1n) is 9.38. The lowest BCUT2D eigenvalue weighted by Gasteiger charge is -2.34. The lowest BCUT2D eigenvalue weighted by Crippen LogP contribution is -2.52. The number of amides is 2. The molecule has 3 aromatic rings. The Balaban J connectivity index is 1.27. The number of urea groups is 1. The van der Waals surface area contributed by atoms with E-state index >= 15 is 0 Å². The van der Waals surface area contributed by atoms with Gasteiger partial charge in [0.15, 0.2) is 0 Å². The van der Waals surface area contributed by atoms with Crippen LogP contribution in [0, 0.1) is 0 Å². The molecule has 1 aliphatic rings. The highest BCUT2D eigenvalue weighted by molar-refractivity contribution is 5.74. The normalized spacial score (nSPS) is 14.1. The number of carbonyl (C=O) groups excluding carboxylic acids is 1. The Labute approximate surface area is 163 Å². The van der Waals surface area contributed by atoms with Crippen molar-refractivity contribution in [3.05, 3.63) is 72.3 Å². The first-order chi connectivity index (χ1) is 13.8. The van der Waals surface area contributed by atoms with Gasteiger partial charge in [0.1, 0.15) is 0 Å². The van der Waals surface area contributed by atoms with Crippen LogP contribution in [0.3, 0.4) is 0 Å². The van der Waals surface area contributed by atoms with Crippen molar-refractivity contribution in [2.45, 2.75) is 13.1 Å². The van der Waals surface area contributed by atoms with Gasteiger partial charge in [-0.3, -0.25) is 4.68 Å². The summed E-state index contributed by atoms with van der Waals surface area (Å²) >= 11 is 0. The Morgan fingerprint density at radius 2 is 1.75 bits per heavy atom. The summed E-state index contributed by atoms with van der Waals surface area (Å²) in [4.78, 5) is 25.0. The highest BCUT2D eigenvalue weighted by atomic mass is 16.2. The van der Waals surface area contributed by atoms with Gasteiger partial charge in [0.05, 0.1) is 6.54 Å². The fourth-order valence-electron chi connectivity index (χ4n) is 3.27. The van der Waals surface area contributed by atoms with Gasteiger partial charge in [-0.15, -0.1) is 0 Å². The Bertz CT molecular complexity index is 890. The van der Waals surface area contributed by atoms with Crippen LogP contribution in [0.2, 0.25) is 0 Å². The summed E-state index contributed by atoms with van der Waals surface area (Å²) in [5, 5.41) is 7.26. The van der Waals surface area contributed by atoms with E-state index in [-0.39, 0.29) is 6.03 Å². The van der Waals surface area contributed by atoms with Gasteiger partial charge >= 0.3 is 6.03 Å². The quantitative estimate of drug-likeness (QED) is 0.733. The summed E-state index contributed by atoms with van der Waals surface area (Å²) in [7, 11) is 0. The summed E-state index contributed by atoms with van der Waals surface area (Å²) in [6.45, 7) is 4.01. The van der Waals surface area contributed by atoms with Crippen LogP contribution >= 0.6 is 0 Å². The van der Waals surface area contributed by atoms with Gasteiger partial charge in [-0.25, -0.2) is 14.8 Å². The molecule has 1 aliphatic heterocycles. The number of anilines is 1. The van der Waals surface area contributed by atoms with E-state index in [1.54, 1.807) is 24.7 Å². The highest BCUT2D eigenvalue weighted by Gasteiger charge is 2.22. The Hall–Kier alpha value is -3.42. The lowest BCUT2D eigenvalue weighted by molar-refractivity contribution is 0.193. The smallest absolute Gasteiger partial charge is 0.317 e. The molecule has 28 heavy (non-hydrogen) atoms. The summed E-state index contributed by atoms with van der Waals surface area (Å²) < 4.78 is 1.88. The SMILES string of the molecule is O=C(NCc1cccc(Cn2cccn2)c1)N1CCN(c2ncccn2)CC1. The van der Waals surface area contributed by atoms with Gasteiger partial charge in [0.2, 0.25) is 5.95 Å². The van der Waals surface area contributed by atoms with Gasteiger partial charge < -0.3 is 15.1 Å². The van der Waals surface area contributed by atoms with Crippen molar-refractivity contribution in [2.75, 3.05) is 31.1 Å². The van der Waals surface area contributed by atoms with Crippen LogP contribution < -0.4 is 10.2 Å². The van der Waals surface area contributed by atoms with Crippen LogP contribution in [-0.4, -0.2) is 56.9 Å². The van der Waals surface area contributed by atoms with Crippen molar-refractivity contribution in [3.8, 4) is 0 Å². The average Bonchev–Trinajstić information content (AvgIpc) is 3.26. The van der Waals surface area contributed by atoms with Gasteiger partial charge in [0, 0.05) is 57.5 Å². The molecular weight excluding hydrogens is 354 g/mol. The molecule has 1 saturated heterocycles. The summed E-state index contributed by atoms with van der Waals surface area (Å²) in [6, 6.07) is 11.9. The topological polar surface area (TPSA) is 79.2 Å². The van der Waals surface area contributed by atoms with Crippen molar-refractivity contribution in [1.29, 1.82) is 0 Å². The minimum atomic E-state index is -0.0360. The number of benzene rings is 1. The standard InChI is InChI=1S/C20H23N7O/c28-20(26-12-10-25(11-13-26)19-21-6-2-7-22-19)23-15-17-4-1-5-18(14-17)16-27-9-3-8-24-27/h1-9,14H,10-13,15-16H2,(H,23,28). The number of carbonyl (C=O) groups is 1. The zero-order chi connectivity index (χ0) is 19.2. The predicted molar refractivity (Wildman–Crippen MR) is 106 cm³/mol. The molecule has 2 amide bonds. The molecule has 1 N–H and O–H groups in total. The van der Waals surface area contributed by atoms with Crippen molar-refractivity contribution in [2.24, 2.45) is 0 Å². The summed E-state index contributed by atoms with van der Waals surface area (Å²) in [5.41, 5.74) is 2.24. The maximum Gasteiger partial charge on any atom is 0.317 e. The third-order valence-corrected chi connectivity index (χ3v) is 4.74. The maximum atomic E-state index is 12.5. The Morgan fingerprint density at radius 3 is 2.50 bits per heavy atom. The minimum Gasteiger partial charge on any atom is -0.337 e. The molecule has 8 nitrogen and oxygen atoms in total. The van der Waals surface area contributed by atoms with Gasteiger partial charge in [-0.05, 0) is 23.3 Å². The maximum absolute atomic E-state index is 12.5. The van der Waals surface area contributed by atoms with E-state index in [0.29, 0.717) is 19.6 Å². The molecule has 0 spiro atoms. The predicted octanol–water partition coefficient (Wildman–Crippen LogP) is 1.75. The van der Waals surface area contributed by atoms with Crippen molar-refractivity contribution in [3.63, 3.8) is 0 Å². The van der Waals surface area contributed by atoms with E-state index in [4.69, 9.17) is 0 Å². The van der Waals surface area contributed by atoms with Crippen molar-refractivity contribution < 1.29 is 4.79 Å². The second kappa shape index (κ2) is 8.51. The van der Waals surface area contributed by atoms with Gasteiger partial charge in [-0.2, -0.15) is 5.10 Å². The molecule has 1 fully saturated rings. The third kappa shape index (κ3) is 4.46. The molecule has 0 aliphatic carbocycles. The molecule has 2 aromatic heterocycles. The number of piperazine rings is 1. The van der Waals surface area contributed by atoms with E-state index in [2.05, 4.69) is 37.4 Å². The second-order valence-corrected chi connectivity index (χ2v) is 6.71. The second-order valence-electron chi connectivity index (χ2n) is 6.71. The molecular formula is C20H23N7O. The molecule has 8 heteroatoms. The van der Waals surface area contributed by atoms with Crippen LogP contribution in [-0.2, 0) is 13.1 Å². The van der Waals surface area contributed by atoms with Crippen LogP contribution in [0.1, 0.15) is 11.1 Å². The lowest BCUT2D eigenvalue weighted by atomic mass is 10.1. The fourth-order valence-corrected chi connectivity index (χ4v) is 3.27. The fraction of sp³-hybridized carbons (Fsp3) is 0.300. The number of hydrogen-bond acceptors (Lipinski definition) is 5. The van der Waals surface area contributed by atoms with Gasteiger partial charge in [0.25, 0.3) is 0 Å². The average molecular weight is 377 g/mol. The number of rotatable bonds is 5. The number of nitrogens with one attached hydrogen (secondary N) is 1. The molecule has 0 radical (unpaired) electrons. The van der Waals surface area contributed by atoms with Crippen LogP contribution in [0.25, 0.3) is 0 Å². The van der Waals surface area contributed by atoms with E-state index in [1.807, 2.05) is 34.0 Å². The number of hydrogen-bond donors (Lipinski definition) is 1. The largest absolute Gasteiger partial charge is 0.337 e. The van der Waals surface area contributed by atoms with Crippen LogP contribution in [0.15, 0.2) is 61.2 Å². The highest BCUT2D eigenvalue weighted by Crippen LogP contribution is 2.10. The first kappa shape index (κ1) is 18.0. The molecule has 4 rings (SSSR count). The van der Waals surface area contributed by atoms with Crippen molar-refractivity contribution in [1.82, 2.24) is 30.0 Å². The van der Waals surface area contributed by atoms with E-state index < -0.39 is 0 Å². The van der Waals surface area contributed by atoms with E-state index in [0.717, 1.165) is 36.7 Å². The van der Waals surface area contributed by atoms with E-state index in [9.17, 15) is 4.79 Å². The summed E-state index contributed by atoms with van der Waals surface area (Å²) in [5.74, 6) is 0.719. The minimum absolute atomic E-state index is 0.0360. The zero-order valence-corrected chi connectivity index (χ0v) is 15.6. The van der Waals surface area contributed by atoms with E-state index in [1.165, 1.54) is 0 Å². The Morgan fingerprint density at radius 1 is 0.964 bits per heavy atom. The molecule has 3 heterocycles. The number of aromatic nitrogens is 4. The molecule has 0 saturated carbocycles. The van der Waals surface area contributed by atoms with Crippen LogP contribution in [0.4, 0.5) is 10.7 Å². The van der Waals surface area contributed by atoms with Gasteiger partial charge in [-0.1, -0.05) is 24.3 Å². The summed E-state index contributed by atoms with van der Waals surface area (Å²) in [6.07, 6.45) is 7.19. The molecule has 0 atom stereocenters. The molecule has 144 valence electrons. The zero-order valence-electron chi connectivity index (χ0n) is 15.6. The third-order valence-electron chi connectivity index (χ3n) is 4.74. The first-order valence-corrected chi connectivity index (χ1v) is 9.38. The molecule has 0 unspecified atom stereocenters. The molecule has 0 bridgehead atoms. The monoisotopic (exact) mass is 377 g/mol. The Kier molecular flexibility index (Phi) is 5.46. The van der Waals surface area contributed by atoms with Crippen LogP contribution in [0.5, 0.6) is 0 Å².